The van der Waals surface area contributed by atoms with E-state index in [1.54, 1.807) is 0 Å². The van der Waals surface area contributed by atoms with Crippen LogP contribution >= 0.6 is 0 Å². The average Bonchev–Trinajstić information content (AvgIpc) is 2.78. The minimum absolute atomic E-state index is 0.502. The van der Waals surface area contributed by atoms with Gasteiger partial charge in [0.2, 0.25) is 0 Å². The first kappa shape index (κ1) is 12.7. The molecule has 21 heavy (non-hydrogen) atoms. The summed E-state index contributed by atoms with van der Waals surface area (Å²) in [5.41, 5.74) is 7.35. The van der Waals surface area contributed by atoms with E-state index in [-0.39, 0.29) is 0 Å². The lowest BCUT2D eigenvalue weighted by molar-refractivity contribution is 0.507. The highest BCUT2D eigenvalue weighted by Crippen LogP contribution is 2.43. The third-order valence-electron chi connectivity index (χ3n) is 4.95. The van der Waals surface area contributed by atoms with Crippen LogP contribution in [0.5, 0.6) is 0 Å². The van der Waals surface area contributed by atoms with Crippen molar-refractivity contribution in [1.82, 2.24) is 4.57 Å². The second kappa shape index (κ2) is 4.49. The van der Waals surface area contributed by atoms with Crippen LogP contribution in [0.25, 0.3) is 10.9 Å². The fraction of sp³-hybridized carbons (Fsp3) is 0.300. The first-order chi connectivity index (χ1) is 10.2. The molecule has 2 aromatic carbocycles. The molecule has 0 aliphatic carbocycles. The molecule has 0 saturated heterocycles. The molecule has 0 fully saturated rings. The van der Waals surface area contributed by atoms with Crippen LogP contribution < -0.4 is 0 Å². The molecule has 2 heterocycles. The summed E-state index contributed by atoms with van der Waals surface area (Å²) in [7, 11) is 0. The molecule has 0 amide bonds. The Morgan fingerprint density at radius 3 is 2.52 bits per heavy atom. The molecule has 1 aliphatic rings. The molecule has 0 saturated carbocycles. The van der Waals surface area contributed by atoms with E-state index < -0.39 is 0 Å². The Morgan fingerprint density at radius 2 is 1.71 bits per heavy atom. The maximum absolute atomic E-state index is 2.54. The summed E-state index contributed by atoms with van der Waals surface area (Å²) in [6.45, 7) is 7.98. The van der Waals surface area contributed by atoms with Gasteiger partial charge in [-0.05, 0) is 35.6 Å². The van der Waals surface area contributed by atoms with Crippen LogP contribution in [0.2, 0.25) is 0 Å². The van der Waals surface area contributed by atoms with Crippen LogP contribution in [0.15, 0.2) is 48.5 Å². The largest absolute Gasteiger partial charge is 0.339 e. The number of hydrogen-bond acceptors (Lipinski definition) is 0. The highest BCUT2D eigenvalue weighted by atomic mass is 15.0. The second-order valence-corrected chi connectivity index (χ2v) is 6.53. The molecule has 4 rings (SSSR count). The molecule has 1 unspecified atom stereocenters. The molecular formula is C20H21N. The highest BCUT2D eigenvalue weighted by molar-refractivity contribution is 5.86. The minimum atomic E-state index is 0.502. The van der Waals surface area contributed by atoms with Gasteiger partial charge in [0.1, 0.15) is 0 Å². The van der Waals surface area contributed by atoms with Crippen LogP contribution in [0.4, 0.5) is 0 Å². The van der Waals surface area contributed by atoms with E-state index in [1.807, 2.05) is 0 Å². The van der Waals surface area contributed by atoms with Crippen LogP contribution in [-0.2, 0) is 6.54 Å². The van der Waals surface area contributed by atoms with Crippen molar-refractivity contribution < 1.29 is 0 Å². The molecule has 1 atom stereocenters. The van der Waals surface area contributed by atoms with Gasteiger partial charge in [0.05, 0.1) is 0 Å². The van der Waals surface area contributed by atoms with E-state index >= 15 is 0 Å². The fourth-order valence-electron chi connectivity index (χ4n) is 4.04. The summed E-state index contributed by atoms with van der Waals surface area (Å²) in [6.07, 6.45) is 0. The van der Waals surface area contributed by atoms with Gasteiger partial charge in [0.15, 0.2) is 0 Å². The van der Waals surface area contributed by atoms with Crippen molar-refractivity contribution in [3.8, 4) is 0 Å². The van der Waals surface area contributed by atoms with Gasteiger partial charge in [-0.15, -0.1) is 0 Å². The molecule has 1 nitrogen and oxygen atoms in total. The third-order valence-corrected chi connectivity index (χ3v) is 4.95. The monoisotopic (exact) mass is 275 g/mol. The van der Waals surface area contributed by atoms with Crippen molar-refractivity contribution in [2.45, 2.75) is 33.2 Å². The van der Waals surface area contributed by atoms with E-state index in [9.17, 15) is 0 Å². The molecule has 1 heteroatoms. The molecule has 0 N–H and O–H groups in total. The first-order valence-electron chi connectivity index (χ1n) is 7.84. The fourth-order valence-corrected chi connectivity index (χ4v) is 4.04. The molecule has 0 spiro atoms. The normalized spacial score (nSPS) is 17.0. The summed E-state index contributed by atoms with van der Waals surface area (Å²) in [5.74, 6) is 1.11. The van der Waals surface area contributed by atoms with Gasteiger partial charge in [0.25, 0.3) is 0 Å². The highest BCUT2D eigenvalue weighted by Gasteiger charge is 2.31. The first-order valence-corrected chi connectivity index (χ1v) is 7.84. The molecule has 106 valence electrons. The van der Waals surface area contributed by atoms with Gasteiger partial charge in [-0.1, -0.05) is 56.3 Å². The van der Waals surface area contributed by atoms with E-state index in [4.69, 9.17) is 0 Å². The lowest BCUT2D eigenvalue weighted by Gasteiger charge is -2.31. The maximum atomic E-state index is 2.54. The maximum Gasteiger partial charge on any atom is 0.0488 e. The lowest BCUT2D eigenvalue weighted by Crippen LogP contribution is -2.22. The van der Waals surface area contributed by atoms with Crippen molar-refractivity contribution >= 4 is 10.9 Å². The topological polar surface area (TPSA) is 4.93 Å². The number of rotatable bonds is 1. The van der Waals surface area contributed by atoms with Crippen molar-refractivity contribution in [2.24, 2.45) is 5.92 Å². The predicted molar refractivity (Wildman–Crippen MR) is 88.9 cm³/mol. The summed E-state index contributed by atoms with van der Waals surface area (Å²) in [6, 6.07) is 17.8. The molecule has 0 bridgehead atoms. The van der Waals surface area contributed by atoms with Crippen molar-refractivity contribution in [3.63, 3.8) is 0 Å². The zero-order valence-corrected chi connectivity index (χ0v) is 12.9. The minimum Gasteiger partial charge on any atom is -0.339 e. The van der Waals surface area contributed by atoms with Gasteiger partial charge in [-0.2, -0.15) is 0 Å². The number of para-hydroxylation sites is 1. The second-order valence-electron chi connectivity index (χ2n) is 6.53. The number of nitrogens with zero attached hydrogens (tertiary/aromatic N) is 1. The zero-order chi connectivity index (χ0) is 14.6. The molecule has 1 aliphatic heterocycles. The summed E-state index contributed by atoms with van der Waals surface area (Å²) in [4.78, 5) is 0. The van der Waals surface area contributed by atoms with Crippen LogP contribution in [0, 0.1) is 12.8 Å². The van der Waals surface area contributed by atoms with Crippen molar-refractivity contribution in [1.29, 1.82) is 0 Å². The Kier molecular flexibility index (Phi) is 2.72. The smallest absolute Gasteiger partial charge is 0.0488 e. The van der Waals surface area contributed by atoms with E-state index in [0.29, 0.717) is 11.8 Å². The number of hydrogen-bond donors (Lipinski definition) is 0. The van der Waals surface area contributed by atoms with Crippen LogP contribution in [0.1, 0.15) is 42.1 Å². The van der Waals surface area contributed by atoms with Crippen molar-refractivity contribution in [3.05, 3.63) is 70.9 Å². The SMILES string of the molecule is Cc1c2n(c3ccccc13)Cc1ccccc1C2C(C)C. The number of fused-ring (bicyclic) bond motifs is 4. The Bertz CT molecular complexity index is 823. The van der Waals surface area contributed by atoms with Gasteiger partial charge >= 0.3 is 0 Å². The average molecular weight is 275 g/mol. The van der Waals surface area contributed by atoms with Gasteiger partial charge < -0.3 is 4.57 Å². The Labute approximate surface area is 126 Å². The van der Waals surface area contributed by atoms with Crippen LogP contribution in [0.3, 0.4) is 0 Å². The summed E-state index contributed by atoms with van der Waals surface area (Å²) in [5, 5.41) is 1.41. The molecule has 1 aromatic heterocycles. The lowest BCUT2D eigenvalue weighted by atomic mass is 9.80. The van der Waals surface area contributed by atoms with E-state index in [1.165, 1.54) is 33.3 Å². The third kappa shape index (κ3) is 1.70. The van der Waals surface area contributed by atoms with Gasteiger partial charge in [0, 0.05) is 29.1 Å². The Hall–Kier alpha value is -2.02. The molecule has 3 aromatic rings. The number of aryl methyl sites for hydroxylation is 1. The Morgan fingerprint density at radius 1 is 1.00 bits per heavy atom. The summed E-state index contributed by atoms with van der Waals surface area (Å²) >= 11 is 0. The number of aromatic nitrogens is 1. The standard InChI is InChI=1S/C20H21N/c1-13(2)19-17-10-5-4-8-15(17)12-21-18-11-7-6-9-16(18)14(3)20(19)21/h4-11,13,19H,12H2,1-3H3. The van der Waals surface area contributed by atoms with Crippen molar-refractivity contribution in [2.75, 3.05) is 0 Å². The summed E-state index contributed by atoms with van der Waals surface area (Å²) < 4.78 is 2.54. The molecule has 0 radical (unpaired) electrons. The zero-order valence-electron chi connectivity index (χ0n) is 12.9. The van der Waals surface area contributed by atoms with Gasteiger partial charge in [-0.25, -0.2) is 0 Å². The predicted octanol–water partition coefficient (Wildman–Crippen LogP) is 5.10. The van der Waals surface area contributed by atoms with Gasteiger partial charge in [-0.3, -0.25) is 0 Å². The number of benzene rings is 2. The van der Waals surface area contributed by atoms with E-state index in [2.05, 4.69) is 73.9 Å². The van der Waals surface area contributed by atoms with Crippen LogP contribution in [-0.4, -0.2) is 4.57 Å². The Balaban J connectivity index is 2.08. The quantitative estimate of drug-likeness (QED) is 0.582. The van der Waals surface area contributed by atoms with E-state index in [0.717, 1.165) is 6.54 Å². The molecular weight excluding hydrogens is 254 g/mol.